The molecule has 0 bridgehead atoms. The van der Waals surface area contributed by atoms with Gasteiger partial charge in [0.05, 0.1) is 5.70 Å². The first-order valence-electron chi connectivity index (χ1n) is 4.71. The number of aliphatic imine (C=N–C) groups is 1. The first kappa shape index (κ1) is 10.1. The Kier molecular flexibility index (Phi) is 2.96. The van der Waals surface area contributed by atoms with Crippen LogP contribution in [0.15, 0.2) is 16.9 Å². The summed E-state index contributed by atoms with van der Waals surface area (Å²) in [6.45, 7) is 5.47. The lowest BCUT2D eigenvalue weighted by Gasteiger charge is -2.41. The van der Waals surface area contributed by atoms with E-state index < -0.39 is 0 Å². The van der Waals surface area contributed by atoms with Crippen LogP contribution in [-0.2, 0) is 0 Å². The molecule has 0 atom stereocenters. The highest BCUT2D eigenvalue weighted by molar-refractivity contribution is 5.76. The zero-order valence-corrected chi connectivity index (χ0v) is 8.46. The lowest BCUT2D eigenvalue weighted by Crippen LogP contribution is -2.33. The van der Waals surface area contributed by atoms with Crippen molar-refractivity contribution < 1.29 is 0 Å². The minimum Gasteiger partial charge on any atom is -0.403 e. The normalized spacial score (nSPS) is 23.4. The van der Waals surface area contributed by atoms with E-state index in [-0.39, 0.29) is 0 Å². The van der Waals surface area contributed by atoms with E-state index in [0.29, 0.717) is 11.1 Å². The lowest BCUT2D eigenvalue weighted by molar-refractivity contribution is 0.104. The predicted octanol–water partition coefficient (Wildman–Crippen LogP) is 1.25. The third-order valence-corrected chi connectivity index (χ3v) is 2.48. The van der Waals surface area contributed by atoms with E-state index in [0.717, 1.165) is 12.5 Å². The van der Waals surface area contributed by atoms with Crippen molar-refractivity contribution in [2.45, 2.75) is 26.7 Å². The molecule has 1 saturated carbocycles. The van der Waals surface area contributed by atoms with Gasteiger partial charge in [-0.25, -0.2) is 0 Å². The molecule has 0 spiro atoms. The molecular weight excluding hydrogens is 162 g/mol. The van der Waals surface area contributed by atoms with Crippen molar-refractivity contribution in [3.63, 3.8) is 0 Å². The maximum absolute atomic E-state index is 5.46. The third kappa shape index (κ3) is 3.09. The summed E-state index contributed by atoms with van der Waals surface area (Å²) in [5.74, 6) is 0.747. The van der Waals surface area contributed by atoms with Gasteiger partial charge in [-0.15, -0.1) is 0 Å². The Balaban J connectivity index is 2.19. The van der Waals surface area contributed by atoms with Gasteiger partial charge in [-0.3, -0.25) is 4.99 Å². The molecule has 0 aromatic heterocycles. The van der Waals surface area contributed by atoms with E-state index in [1.807, 2.05) is 0 Å². The maximum atomic E-state index is 5.46. The molecule has 1 fully saturated rings. The topological polar surface area (TPSA) is 64.4 Å². The molecule has 3 nitrogen and oxygen atoms in total. The molecule has 13 heavy (non-hydrogen) atoms. The number of nitrogens with two attached hydrogens (primary N) is 2. The molecule has 74 valence electrons. The second-order valence-corrected chi connectivity index (χ2v) is 4.60. The Morgan fingerprint density at radius 3 is 2.62 bits per heavy atom. The average Bonchev–Trinajstić information content (AvgIpc) is 2.00. The molecule has 0 unspecified atom stereocenters. The van der Waals surface area contributed by atoms with Crippen molar-refractivity contribution in [2.24, 2.45) is 27.8 Å². The van der Waals surface area contributed by atoms with Crippen molar-refractivity contribution >= 4 is 6.21 Å². The van der Waals surface area contributed by atoms with Crippen molar-refractivity contribution in [3.05, 3.63) is 11.9 Å². The summed E-state index contributed by atoms with van der Waals surface area (Å²) in [5.41, 5.74) is 11.7. The monoisotopic (exact) mass is 181 g/mol. The van der Waals surface area contributed by atoms with Crippen molar-refractivity contribution in [1.29, 1.82) is 0 Å². The van der Waals surface area contributed by atoms with Gasteiger partial charge in [0.1, 0.15) is 0 Å². The van der Waals surface area contributed by atoms with Gasteiger partial charge in [0, 0.05) is 19.0 Å². The lowest BCUT2D eigenvalue weighted by atomic mass is 9.64. The molecule has 0 saturated heterocycles. The van der Waals surface area contributed by atoms with Crippen LogP contribution in [0, 0.1) is 11.3 Å². The molecular formula is C10H19N3. The van der Waals surface area contributed by atoms with Crippen molar-refractivity contribution in [1.82, 2.24) is 0 Å². The molecule has 1 aliphatic carbocycles. The summed E-state index contributed by atoms with van der Waals surface area (Å²) in [7, 11) is 0. The van der Waals surface area contributed by atoms with E-state index >= 15 is 0 Å². The molecule has 0 heterocycles. The van der Waals surface area contributed by atoms with Crippen molar-refractivity contribution in [2.75, 3.05) is 6.54 Å². The van der Waals surface area contributed by atoms with Crippen LogP contribution in [0.4, 0.5) is 0 Å². The highest BCUT2D eigenvalue weighted by atomic mass is 14.8. The van der Waals surface area contributed by atoms with Crippen LogP contribution in [0.25, 0.3) is 0 Å². The Hall–Kier alpha value is -0.990. The first-order chi connectivity index (χ1) is 6.03. The highest BCUT2D eigenvalue weighted by Crippen LogP contribution is 2.44. The molecule has 0 aliphatic heterocycles. The van der Waals surface area contributed by atoms with E-state index in [1.165, 1.54) is 19.0 Å². The third-order valence-electron chi connectivity index (χ3n) is 2.48. The highest BCUT2D eigenvalue weighted by Gasteiger charge is 2.35. The number of allylic oxidation sites excluding steroid dienone is 1. The van der Waals surface area contributed by atoms with Gasteiger partial charge in [0.25, 0.3) is 0 Å². The van der Waals surface area contributed by atoms with Gasteiger partial charge in [-0.05, 0) is 24.2 Å². The first-order valence-corrected chi connectivity index (χ1v) is 4.71. The largest absolute Gasteiger partial charge is 0.403 e. The van der Waals surface area contributed by atoms with Gasteiger partial charge in [-0.1, -0.05) is 13.8 Å². The Labute approximate surface area is 79.9 Å². The number of rotatable bonds is 3. The molecule has 0 amide bonds. The summed E-state index contributed by atoms with van der Waals surface area (Å²) in [4.78, 5) is 4.23. The summed E-state index contributed by atoms with van der Waals surface area (Å²) in [6, 6.07) is 0. The van der Waals surface area contributed by atoms with Crippen LogP contribution < -0.4 is 11.5 Å². The van der Waals surface area contributed by atoms with Crippen LogP contribution in [0.2, 0.25) is 0 Å². The molecule has 0 aromatic carbocycles. The number of nitrogens with zero attached hydrogens (tertiary/aromatic N) is 1. The van der Waals surface area contributed by atoms with E-state index in [2.05, 4.69) is 18.8 Å². The SMILES string of the molecule is CC1(C)CC(CN=C/C(N)=C\N)C1. The summed E-state index contributed by atoms with van der Waals surface area (Å²) >= 11 is 0. The van der Waals surface area contributed by atoms with Crippen LogP contribution in [0.1, 0.15) is 26.7 Å². The predicted molar refractivity (Wildman–Crippen MR) is 56.3 cm³/mol. The van der Waals surface area contributed by atoms with E-state index in [4.69, 9.17) is 11.5 Å². The molecule has 4 N–H and O–H groups in total. The average molecular weight is 181 g/mol. The summed E-state index contributed by atoms with van der Waals surface area (Å²) in [5, 5.41) is 0. The fourth-order valence-electron chi connectivity index (χ4n) is 1.98. The summed E-state index contributed by atoms with van der Waals surface area (Å²) < 4.78 is 0. The number of hydrogen-bond donors (Lipinski definition) is 2. The Morgan fingerprint density at radius 1 is 1.54 bits per heavy atom. The fourth-order valence-corrected chi connectivity index (χ4v) is 1.98. The number of hydrogen-bond acceptors (Lipinski definition) is 3. The van der Waals surface area contributed by atoms with Gasteiger partial charge in [0.2, 0.25) is 0 Å². The molecule has 0 aromatic rings. The van der Waals surface area contributed by atoms with Gasteiger partial charge in [-0.2, -0.15) is 0 Å². The van der Waals surface area contributed by atoms with E-state index in [9.17, 15) is 0 Å². The molecule has 3 heteroatoms. The standard InChI is InChI=1S/C10H19N3/c1-10(2)3-8(4-10)6-13-7-9(12)5-11/h5,7-8H,3-4,6,11-12H2,1-2H3/b9-5+,13-7?. The quantitative estimate of drug-likeness (QED) is 0.644. The zero-order chi connectivity index (χ0) is 9.90. The van der Waals surface area contributed by atoms with Gasteiger partial charge < -0.3 is 11.5 Å². The van der Waals surface area contributed by atoms with Crippen LogP contribution >= 0.6 is 0 Å². The Bertz CT molecular complexity index is 220. The molecule has 1 rings (SSSR count). The zero-order valence-electron chi connectivity index (χ0n) is 8.46. The molecule has 1 aliphatic rings. The Morgan fingerprint density at radius 2 is 2.15 bits per heavy atom. The summed E-state index contributed by atoms with van der Waals surface area (Å²) in [6.07, 6.45) is 5.56. The van der Waals surface area contributed by atoms with Crippen LogP contribution in [-0.4, -0.2) is 12.8 Å². The van der Waals surface area contributed by atoms with Crippen LogP contribution in [0.5, 0.6) is 0 Å². The smallest absolute Gasteiger partial charge is 0.0652 e. The minimum absolute atomic E-state index is 0.537. The maximum Gasteiger partial charge on any atom is 0.0652 e. The second kappa shape index (κ2) is 3.81. The van der Waals surface area contributed by atoms with Gasteiger partial charge >= 0.3 is 0 Å². The van der Waals surface area contributed by atoms with Crippen molar-refractivity contribution in [3.8, 4) is 0 Å². The molecule has 0 radical (unpaired) electrons. The minimum atomic E-state index is 0.537. The fraction of sp³-hybridized carbons (Fsp3) is 0.700. The van der Waals surface area contributed by atoms with Gasteiger partial charge in [0.15, 0.2) is 0 Å². The van der Waals surface area contributed by atoms with Crippen LogP contribution in [0.3, 0.4) is 0 Å². The van der Waals surface area contributed by atoms with E-state index in [1.54, 1.807) is 6.21 Å². The second-order valence-electron chi connectivity index (χ2n) is 4.60.